The van der Waals surface area contributed by atoms with Crippen molar-refractivity contribution in [1.29, 1.82) is 0 Å². The van der Waals surface area contributed by atoms with Crippen molar-refractivity contribution in [2.45, 2.75) is 6.42 Å². The second kappa shape index (κ2) is 7.20. The van der Waals surface area contributed by atoms with Gasteiger partial charge < -0.3 is 15.2 Å². The lowest BCUT2D eigenvalue weighted by Crippen LogP contribution is -2.16. The van der Waals surface area contributed by atoms with Crippen molar-refractivity contribution in [1.82, 2.24) is 0 Å². The first-order valence-electron chi connectivity index (χ1n) is 5.04. The second-order valence-corrected chi connectivity index (χ2v) is 4.16. The maximum absolute atomic E-state index is 11.5. The van der Waals surface area contributed by atoms with Gasteiger partial charge in [-0.15, -0.1) is 0 Å². The van der Waals surface area contributed by atoms with E-state index in [-0.39, 0.29) is 18.9 Å². The molecule has 0 aliphatic carbocycles. The van der Waals surface area contributed by atoms with Crippen LogP contribution in [0, 0.1) is 0 Å². The van der Waals surface area contributed by atoms with E-state index in [0.29, 0.717) is 15.7 Å². The van der Waals surface area contributed by atoms with Crippen molar-refractivity contribution >= 4 is 40.8 Å². The van der Waals surface area contributed by atoms with Crippen molar-refractivity contribution < 1.29 is 19.4 Å². The first-order valence-corrected chi connectivity index (χ1v) is 5.79. The molecule has 0 radical (unpaired) electrons. The molecule has 5 nitrogen and oxygen atoms in total. The molecule has 0 heterocycles. The SMILES string of the molecule is O=C(O)COCCC(=O)Nc1c(Cl)cccc1Cl. The van der Waals surface area contributed by atoms with Crippen LogP contribution in [0.2, 0.25) is 10.0 Å². The zero-order chi connectivity index (χ0) is 13.5. The molecule has 0 bridgehead atoms. The molecule has 0 saturated heterocycles. The number of hydrogen-bond acceptors (Lipinski definition) is 3. The summed E-state index contributed by atoms with van der Waals surface area (Å²) in [6, 6.07) is 4.87. The van der Waals surface area contributed by atoms with E-state index in [1.54, 1.807) is 18.2 Å². The Morgan fingerprint density at radius 3 is 2.44 bits per heavy atom. The first kappa shape index (κ1) is 14.8. The molecular weight excluding hydrogens is 281 g/mol. The van der Waals surface area contributed by atoms with Crippen LogP contribution in [0.4, 0.5) is 5.69 Å². The molecule has 2 N–H and O–H groups in total. The summed E-state index contributed by atoms with van der Waals surface area (Å²) in [5, 5.41) is 11.5. The number of anilines is 1. The molecule has 0 unspecified atom stereocenters. The Kier molecular flexibility index (Phi) is 5.91. The fraction of sp³-hybridized carbons (Fsp3) is 0.273. The Hall–Kier alpha value is -1.30. The van der Waals surface area contributed by atoms with Crippen LogP contribution in [0.5, 0.6) is 0 Å². The maximum atomic E-state index is 11.5. The lowest BCUT2D eigenvalue weighted by Gasteiger charge is -2.08. The lowest BCUT2D eigenvalue weighted by atomic mass is 10.3. The number of benzene rings is 1. The fourth-order valence-corrected chi connectivity index (χ4v) is 1.64. The summed E-state index contributed by atoms with van der Waals surface area (Å²) >= 11 is 11.7. The molecule has 0 atom stereocenters. The third-order valence-electron chi connectivity index (χ3n) is 1.93. The molecule has 1 aromatic rings. The molecule has 0 aliphatic heterocycles. The van der Waals surface area contributed by atoms with Crippen molar-refractivity contribution in [2.24, 2.45) is 0 Å². The van der Waals surface area contributed by atoms with E-state index in [0.717, 1.165) is 0 Å². The molecule has 98 valence electrons. The zero-order valence-electron chi connectivity index (χ0n) is 9.28. The predicted octanol–water partition coefficient (Wildman–Crippen LogP) is 2.42. The number of carbonyl (C=O) groups excluding carboxylic acids is 1. The standard InChI is InChI=1S/C11H11Cl2NO4/c12-7-2-1-3-8(13)11(7)14-9(15)4-5-18-6-10(16)17/h1-3H,4-6H2,(H,14,15)(H,16,17). The molecule has 1 amide bonds. The Morgan fingerprint density at radius 2 is 1.89 bits per heavy atom. The van der Waals surface area contributed by atoms with Crippen molar-refractivity contribution in [2.75, 3.05) is 18.5 Å². The van der Waals surface area contributed by atoms with Crippen LogP contribution < -0.4 is 5.32 Å². The normalized spacial score (nSPS) is 10.1. The number of aliphatic carboxylic acids is 1. The van der Waals surface area contributed by atoms with Gasteiger partial charge in [-0.05, 0) is 12.1 Å². The summed E-state index contributed by atoms with van der Waals surface area (Å²) in [6.45, 7) is -0.416. The third kappa shape index (κ3) is 4.91. The number of nitrogens with one attached hydrogen (secondary N) is 1. The number of carbonyl (C=O) groups is 2. The van der Waals surface area contributed by atoms with Crippen LogP contribution in [-0.2, 0) is 14.3 Å². The molecular formula is C11H11Cl2NO4. The minimum Gasteiger partial charge on any atom is -0.480 e. The van der Waals surface area contributed by atoms with Crippen LogP contribution >= 0.6 is 23.2 Å². The van der Waals surface area contributed by atoms with Gasteiger partial charge in [0.15, 0.2) is 0 Å². The molecule has 1 aromatic carbocycles. The fourth-order valence-electron chi connectivity index (χ4n) is 1.14. The van der Waals surface area contributed by atoms with Crippen molar-refractivity contribution in [3.63, 3.8) is 0 Å². The summed E-state index contributed by atoms with van der Waals surface area (Å²) in [6.07, 6.45) is 0.0227. The van der Waals surface area contributed by atoms with E-state index in [4.69, 9.17) is 33.0 Å². The minimum atomic E-state index is -1.08. The highest BCUT2D eigenvalue weighted by atomic mass is 35.5. The van der Waals surface area contributed by atoms with Crippen LogP contribution in [-0.4, -0.2) is 30.2 Å². The quantitative estimate of drug-likeness (QED) is 0.789. The zero-order valence-corrected chi connectivity index (χ0v) is 10.8. The highest BCUT2D eigenvalue weighted by molar-refractivity contribution is 6.39. The van der Waals surface area contributed by atoms with E-state index >= 15 is 0 Å². The summed E-state index contributed by atoms with van der Waals surface area (Å²) in [7, 11) is 0. The van der Waals surface area contributed by atoms with Crippen LogP contribution in [0.15, 0.2) is 18.2 Å². The van der Waals surface area contributed by atoms with E-state index in [1.807, 2.05) is 0 Å². The van der Waals surface area contributed by atoms with Gasteiger partial charge >= 0.3 is 5.97 Å². The van der Waals surface area contributed by atoms with Crippen molar-refractivity contribution in [3.05, 3.63) is 28.2 Å². The van der Waals surface area contributed by atoms with E-state index in [9.17, 15) is 9.59 Å². The van der Waals surface area contributed by atoms with Gasteiger partial charge in [0.05, 0.1) is 28.8 Å². The molecule has 0 saturated carbocycles. The maximum Gasteiger partial charge on any atom is 0.329 e. The number of carboxylic acid groups (broad SMARTS) is 1. The molecule has 0 aromatic heterocycles. The predicted molar refractivity (Wildman–Crippen MR) is 68.2 cm³/mol. The summed E-state index contributed by atoms with van der Waals surface area (Å²) in [4.78, 5) is 21.7. The van der Waals surface area contributed by atoms with Crippen LogP contribution in [0.3, 0.4) is 0 Å². The van der Waals surface area contributed by atoms with Gasteiger partial charge in [-0.1, -0.05) is 29.3 Å². The number of carboxylic acids is 1. The van der Waals surface area contributed by atoms with Crippen LogP contribution in [0.1, 0.15) is 6.42 Å². The molecule has 7 heteroatoms. The van der Waals surface area contributed by atoms with Gasteiger partial charge in [-0.25, -0.2) is 4.79 Å². The average Bonchev–Trinajstić information content (AvgIpc) is 2.29. The smallest absolute Gasteiger partial charge is 0.329 e. The van der Waals surface area contributed by atoms with Gasteiger partial charge in [-0.3, -0.25) is 4.79 Å². The first-order chi connectivity index (χ1) is 8.50. The Morgan fingerprint density at radius 1 is 1.28 bits per heavy atom. The van der Waals surface area contributed by atoms with E-state index < -0.39 is 12.6 Å². The third-order valence-corrected chi connectivity index (χ3v) is 2.56. The number of hydrogen-bond donors (Lipinski definition) is 2. The number of halogens is 2. The molecule has 0 spiro atoms. The number of ether oxygens (including phenoxy) is 1. The van der Waals surface area contributed by atoms with Gasteiger partial charge in [0.25, 0.3) is 0 Å². The Bertz CT molecular complexity index is 430. The number of para-hydroxylation sites is 1. The van der Waals surface area contributed by atoms with Gasteiger partial charge in [0.1, 0.15) is 6.61 Å². The number of rotatable bonds is 6. The summed E-state index contributed by atoms with van der Waals surface area (Å²) in [5.74, 6) is -1.43. The average molecular weight is 292 g/mol. The second-order valence-electron chi connectivity index (χ2n) is 3.34. The highest BCUT2D eigenvalue weighted by Gasteiger charge is 2.09. The van der Waals surface area contributed by atoms with Crippen molar-refractivity contribution in [3.8, 4) is 0 Å². The highest BCUT2D eigenvalue weighted by Crippen LogP contribution is 2.29. The monoisotopic (exact) mass is 291 g/mol. The van der Waals surface area contributed by atoms with Gasteiger partial charge in [0.2, 0.25) is 5.91 Å². The van der Waals surface area contributed by atoms with E-state index in [2.05, 4.69) is 5.32 Å². The van der Waals surface area contributed by atoms with E-state index in [1.165, 1.54) is 0 Å². The minimum absolute atomic E-state index is 0.0141. The number of amides is 1. The molecule has 0 aliphatic rings. The van der Waals surface area contributed by atoms with Gasteiger partial charge in [-0.2, -0.15) is 0 Å². The molecule has 18 heavy (non-hydrogen) atoms. The lowest BCUT2D eigenvalue weighted by molar-refractivity contribution is -0.142. The van der Waals surface area contributed by atoms with Gasteiger partial charge in [0, 0.05) is 0 Å². The molecule has 0 fully saturated rings. The topological polar surface area (TPSA) is 75.6 Å². The Labute approximate surface area is 114 Å². The summed E-state index contributed by atoms with van der Waals surface area (Å²) in [5.41, 5.74) is 0.337. The largest absolute Gasteiger partial charge is 0.480 e. The van der Waals surface area contributed by atoms with Crippen LogP contribution in [0.25, 0.3) is 0 Å². The Balaban J connectivity index is 2.43. The summed E-state index contributed by atoms with van der Waals surface area (Å²) < 4.78 is 4.74. The molecule has 1 rings (SSSR count).